The molecule has 0 fully saturated rings. The van der Waals surface area contributed by atoms with Crippen LogP contribution in [0.4, 0.5) is 14.5 Å². The molecule has 9 heteroatoms. The van der Waals surface area contributed by atoms with Crippen molar-refractivity contribution in [1.29, 1.82) is 0 Å². The number of hydrogen-bond donors (Lipinski definition) is 2. The summed E-state index contributed by atoms with van der Waals surface area (Å²) in [7, 11) is 0. The molecular weight excluding hydrogens is 491 g/mol. The third-order valence-corrected chi connectivity index (χ3v) is 3.39. The number of nitrogens with one attached hydrogen (secondary N) is 1. The minimum Gasteiger partial charge on any atom is -0.491 e. The molecule has 0 unspecified atom stereocenters. The number of alkyl halides is 2. The van der Waals surface area contributed by atoms with Crippen LogP contribution in [0.1, 0.15) is 19.4 Å². The standard InChI is InChI=1S/C18H20ClF2N3O2.HI/c1-11(2)25-15-6-4-14(5-7-15)24-18(22)23-10-12-9-13(19)3-8-16(12)26-17(20)21;/h3-9,11,17H,10H2,1-2H3,(H3,22,23,24);1H. The molecule has 0 saturated heterocycles. The molecule has 2 aromatic carbocycles. The number of rotatable bonds is 7. The van der Waals surface area contributed by atoms with Gasteiger partial charge in [0.25, 0.3) is 0 Å². The number of nitrogens with zero attached hydrogens (tertiary/aromatic N) is 1. The van der Waals surface area contributed by atoms with E-state index in [0.29, 0.717) is 10.6 Å². The van der Waals surface area contributed by atoms with Crippen LogP contribution in [0, 0.1) is 0 Å². The topological polar surface area (TPSA) is 68.9 Å². The molecule has 5 nitrogen and oxygen atoms in total. The molecule has 0 spiro atoms. The average Bonchev–Trinajstić information content (AvgIpc) is 2.56. The van der Waals surface area contributed by atoms with Gasteiger partial charge in [0.2, 0.25) is 0 Å². The van der Waals surface area contributed by atoms with Crippen LogP contribution >= 0.6 is 35.6 Å². The number of hydrogen-bond acceptors (Lipinski definition) is 3. The lowest BCUT2D eigenvalue weighted by Crippen LogP contribution is -2.22. The number of halogens is 4. The zero-order chi connectivity index (χ0) is 19.1. The van der Waals surface area contributed by atoms with Crippen LogP contribution in [0.2, 0.25) is 5.02 Å². The van der Waals surface area contributed by atoms with E-state index in [1.165, 1.54) is 18.2 Å². The van der Waals surface area contributed by atoms with Gasteiger partial charge in [0.05, 0.1) is 12.6 Å². The van der Waals surface area contributed by atoms with Crippen LogP contribution in [0.15, 0.2) is 47.5 Å². The summed E-state index contributed by atoms with van der Waals surface area (Å²) in [5.41, 5.74) is 6.97. The predicted octanol–water partition coefficient (Wildman–Crippen LogP) is 5.27. The molecule has 3 N–H and O–H groups in total. The van der Waals surface area contributed by atoms with Gasteiger partial charge in [0.15, 0.2) is 5.96 Å². The molecule has 27 heavy (non-hydrogen) atoms. The molecule has 148 valence electrons. The number of benzene rings is 2. The molecule has 0 heterocycles. The first-order chi connectivity index (χ1) is 12.3. The van der Waals surface area contributed by atoms with E-state index in [-0.39, 0.29) is 48.3 Å². The van der Waals surface area contributed by atoms with Gasteiger partial charge in [-0.3, -0.25) is 0 Å². The molecule has 2 rings (SSSR count). The molecule has 0 aliphatic carbocycles. The Hall–Kier alpha value is -1.81. The van der Waals surface area contributed by atoms with Crippen LogP contribution < -0.4 is 20.5 Å². The van der Waals surface area contributed by atoms with Gasteiger partial charge in [0, 0.05) is 16.3 Å². The summed E-state index contributed by atoms with van der Waals surface area (Å²) in [4.78, 5) is 4.14. The fourth-order valence-electron chi connectivity index (χ4n) is 2.13. The summed E-state index contributed by atoms with van der Waals surface area (Å²) in [5.74, 6) is 0.885. The van der Waals surface area contributed by atoms with E-state index in [0.717, 1.165) is 11.4 Å². The van der Waals surface area contributed by atoms with Gasteiger partial charge in [-0.2, -0.15) is 8.78 Å². The minimum absolute atomic E-state index is 0. The molecule has 0 aliphatic rings. The maximum absolute atomic E-state index is 12.5. The van der Waals surface area contributed by atoms with Gasteiger partial charge in [0.1, 0.15) is 11.5 Å². The van der Waals surface area contributed by atoms with E-state index >= 15 is 0 Å². The molecule has 0 aliphatic heterocycles. The molecule has 0 atom stereocenters. The van der Waals surface area contributed by atoms with Crippen LogP contribution in [-0.4, -0.2) is 18.7 Å². The number of ether oxygens (including phenoxy) is 2. The Kier molecular flexibility index (Phi) is 9.57. The highest BCUT2D eigenvalue weighted by Gasteiger charge is 2.10. The van der Waals surface area contributed by atoms with E-state index in [1.807, 2.05) is 13.8 Å². The lowest BCUT2D eigenvalue weighted by Gasteiger charge is -2.12. The highest BCUT2D eigenvalue weighted by Crippen LogP contribution is 2.25. The molecule has 0 bridgehead atoms. The van der Waals surface area contributed by atoms with Crippen LogP contribution in [0.3, 0.4) is 0 Å². The van der Waals surface area contributed by atoms with E-state index in [1.54, 1.807) is 24.3 Å². The summed E-state index contributed by atoms with van der Waals surface area (Å²) >= 11 is 5.90. The van der Waals surface area contributed by atoms with Gasteiger partial charge in [-0.1, -0.05) is 11.6 Å². The van der Waals surface area contributed by atoms with Gasteiger partial charge >= 0.3 is 6.61 Å². The number of aliphatic imine (C=N–C) groups is 1. The van der Waals surface area contributed by atoms with Gasteiger partial charge in [-0.25, -0.2) is 4.99 Å². The summed E-state index contributed by atoms with van der Waals surface area (Å²) in [5, 5.41) is 3.31. The van der Waals surface area contributed by atoms with Crippen molar-refractivity contribution in [3.8, 4) is 11.5 Å². The van der Waals surface area contributed by atoms with Crippen molar-refractivity contribution >= 4 is 47.2 Å². The Balaban J connectivity index is 0.00000364. The molecule has 0 aromatic heterocycles. The van der Waals surface area contributed by atoms with Gasteiger partial charge in [-0.15, -0.1) is 24.0 Å². The monoisotopic (exact) mass is 511 g/mol. The summed E-state index contributed by atoms with van der Waals surface area (Å²) in [6, 6.07) is 11.6. The van der Waals surface area contributed by atoms with Crippen LogP contribution in [0.25, 0.3) is 0 Å². The Labute approximate surface area is 178 Å². The molecular formula is C18H21ClF2IN3O2. The van der Waals surface area contributed by atoms with Crippen molar-refractivity contribution in [2.45, 2.75) is 33.1 Å². The van der Waals surface area contributed by atoms with E-state index < -0.39 is 6.61 Å². The van der Waals surface area contributed by atoms with Crippen molar-refractivity contribution < 1.29 is 18.3 Å². The molecule has 2 aromatic rings. The van der Waals surface area contributed by atoms with Crippen molar-refractivity contribution in [2.75, 3.05) is 5.32 Å². The third kappa shape index (κ3) is 8.17. The summed E-state index contributed by atoms with van der Waals surface area (Å²) in [6.45, 7) is 0.994. The van der Waals surface area contributed by atoms with Crippen LogP contribution in [-0.2, 0) is 6.54 Å². The second-order valence-electron chi connectivity index (χ2n) is 5.65. The van der Waals surface area contributed by atoms with E-state index in [4.69, 9.17) is 22.1 Å². The fraction of sp³-hybridized carbons (Fsp3) is 0.278. The first-order valence-electron chi connectivity index (χ1n) is 7.90. The molecule has 0 amide bonds. The number of nitrogens with two attached hydrogens (primary N) is 1. The SMILES string of the molecule is CC(C)Oc1ccc(NC(N)=NCc2cc(Cl)ccc2OC(F)F)cc1.I. The fourth-order valence-corrected chi connectivity index (χ4v) is 2.32. The first-order valence-corrected chi connectivity index (χ1v) is 8.28. The third-order valence-electron chi connectivity index (χ3n) is 3.16. The quantitative estimate of drug-likeness (QED) is 0.302. The zero-order valence-electron chi connectivity index (χ0n) is 14.8. The lowest BCUT2D eigenvalue weighted by molar-refractivity contribution is -0.0504. The van der Waals surface area contributed by atoms with Crippen LogP contribution in [0.5, 0.6) is 11.5 Å². The summed E-state index contributed by atoms with van der Waals surface area (Å²) in [6.07, 6.45) is 0.0859. The smallest absolute Gasteiger partial charge is 0.387 e. The first kappa shape index (κ1) is 23.2. The number of guanidine groups is 1. The Morgan fingerprint density at radius 1 is 1.15 bits per heavy atom. The van der Waals surface area contributed by atoms with Gasteiger partial charge < -0.3 is 20.5 Å². The maximum Gasteiger partial charge on any atom is 0.387 e. The molecule has 0 radical (unpaired) electrons. The van der Waals surface area contributed by atoms with Crippen molar-refractivity contribution in [1.82, 2.24) is 0 Å². The van der Waals surface area contributed by atoms with E-state index in [9.17, 15) is 8.78 Å². The van der Waals surface area contributed by atoms with Gasteiger partial charge in [-0.05, 0) is 56.3 Å². The Morgan fingerprint density at radius 3 is 2.41 bits per heavy atom. The Morgan fingerprint density at radius 2 is 1.81 bits per heavy atom. The predicted molar refractivity (Wildman–Crippen MR) is 115 cm³/mol. The normalized spacial score (nSPS) is 11.3. The highest BCUT2D eigenvalue weighted by atomic mass is 127. The Bertz CT molecular complexity index is 759. The second kappa shape index (κ2) is 11.1. The van der Waals surface area contributed by atoms with Crippen molar-refractivity contribution in [3.63, 3.8) is 0 Å². The van der Waals surface area contributed by atoms with Crippen molar-refractivity contribution in [2.24, 2.45) is 10.7 Å². The number of anilines is 1. The average molecular weight is 512 g/mol. The minimum atomic E-state index is -2.93. The zero-order valence-corrected chi connectivity index (χ0v) is 17.9. The highest BCUT2D eigenvalue weighted by molar-refractivity contribution is 14.0. The van der Waals surface area contributed by atoms with E-state index in [2.05, 4.69) is 15.0 Å². The largest absolute Gasteiger partial charge is 0.491 e. The molecule has 0 saturated carbocycles. The lowest BCUT2D eigenvalue weighted by atomic mass is 10.2. The maximum atomic E-state index is 12.5. The van der Waals surface area contributed by atoms with Crippen molar-refractivity contribution in [3.05, 3.63) is 53.1 Å². The second-order valence-corrected chi connectivity index (χ2v) is 6.08. The summed E-state index contributed by atoms with van der Waals surface area (Å²) < 4.78 is 34.9.